The largest absolute Gasteiger partial charge is 0.358 e. The topological polar surface area (TPSA) is 32.9 Å². The van der Waals surface area contributed by atoms with Gasteiger partial charge in [0.1, 0.15) is 0 Å². The van der Waals surface area contributed by atoms with Gasteiger partial charge in [-0.05, 0) is 30.4 Å². The smallest absolute Gasteiger partial charge is 0.193 e. The number of para-hydroxylation sites is 1. The van der Waals surface area contributed by atoms with E-state index >= 15 is 0 Å². The number of hydrogen-bond donors (Lipinski definition) is 1. The summed E-state index contributed by atoms with van der Waals surface area (Å²) >= 11 is 0. The van der Waals surface area contributed by atoms with Crippen LogP contribution in [0.4, 0.5) is 0 Å². The second-order valence-corrected chi connectivity index (χ2v) is 6.55. The standard InChI is InChI=1S/C13H10O.C12H15N/c14-13(11-7-3-1-4-8-11)12-9-5-2-6-10-12;1-2-3-7-11-9-10-6-4-5-8-12(10)13-11/h1-10H;4-6,8-9,13H,2-3,7H2,1H3. The predicted molar refractivity (Wildman–Crippen MR) is 113 cm³/mol. The molecule has 0 bridgehead atoms. The lowest BCUT2D eigenvalue weighted by Gasteiger charge is -1.99. The summed E-state index contributed by atoms with van der Waals surface area (Å²) in [4.78, 5) is 15.3. The molecule has 1 N–H and O–H groups in total. The van der Waals surface area contributed by atoms with Crippen LogP contribution in [0.5, 0.6) is 0 Å². The maximum atomic E-state index is 11.8. The maximum absolute atomic E-state index is 11.8. The highest BCUT2D eigenvalue weighted by molar-refractivity contribution is 6.08. The Morgan fingerprint density at radius 1 is 0.778 bits per heavy atom. The predicted octanol–water partition coefficient (Wildman–Crippen LogP) is 6.43. The highest BCUT2D eigenvalue weighted by Gasteiger charge is 2.06. The Bertz CT molecular complexity index is 896. The second-order valence-electron chi connectivity index (χ2n) is 6.55. The third-order valence-electron chi connectivity index (χ3n) is 4.46. The van der Waals surface area contributed by atoms with E-state index in [4.69, 9.17) is 0 Å². The van der Waals surface area contributed by atoms with E-state index in [1.807, 2.05) is 60.7 Å². The van der Waals surface area contributed by atoms with Crippen molar-refractivity contribution >= 4 is 16.7 Å². The first-order valence-electron chi connectivity index (χ1n) is 9.49. The maximum Gasteiger partial charge on any atom is 0.193 e. The summed E-state index contributed by atoms with van der Waals surface area (Å²) in [6, 6.07) is 29.3. The van der Waals surface area contributed by atoms with Crippen LogP contribution in [0, 0.1) is 0 Å². The summed E-state index contributed by atoms with van der Waals surface area (Å²) in [7, 11) is 0. The van der Waals surface area contributed by atoms with E-state index < -0.39 is 0 Å². The summed E-state index contributed by atoms with van der Waals surface area (Å²) in [5, 5.41) is 1.33. The van der Waals surface area contributed by atoms with Crippen LogP contribution >= 0.6 is 0 Å². The van der Waals surface area contributed by atoms with Crippen LogP contribution in [0.25, 0.3) is 10.9 Å². The van der Waals surface area contributed by atoms with Crippen molar-refractivity contribution in [2.75, 3.05) is 0 Å². The van der Waals surface area contributed by atoms with Crippen LogP contribution in [0.15, 0.2) is 91.0 Å². The minimum atomic E-state index is 0.0752. The van der Waals surface area contributed by atoms with Crippen molar-refractivity contribution < 1.29 is 4.79 Å². The fraction of sp³-hybridized carbons (Fsp3) is 0.160. The zero-order valence-electron chi connectivity index (χ0n) is 15.7. The molecule has 4 rings (SSSR count). The number of carbonyl (C=O) groups is 1. The van der Waals surface area contributed by atoms with Gasteiger partial charge in [-0.15, -0.1) is 0 Å². The van der Waals surface area contributed by atoms with Gasteiger partial charge in [-0.25, -0.2) is 0 Å². The molecular formula is C25H25NO. The third kappa shape index (κ3) is 5.18. The summed E-state index contributed by atoms with van der Waals surface area (Å²) in [5.41, 5.74) is 4.09. The minimum absolute atomic E-state index is 0.0752. The van der Waals surface area contributed by atoms with Crippen LogP contribution < -0.4 is 0 Å². The van der Waals surface area contributed by atoms with Gasteiger partial charge >= 0.3 is 0 Å². The van der Waals surface area contributed by atoms with Crippen molar-refractivity contribution in [1.29, 1.82) is 0 Å². The Labute approximate surface area is 160 Å². The van der Waals surface area contributed by atoms with Crippen LogP contribution in [0.3, 0.4) is 0 Å². The molecule has 0 saturated carbocycles. The van der Waals surface area contributed by atoms with Crippen molar-refractivity contribution in [3.63, 3.8) is 0 Å². The molecule has 0 amide bonds. The molecule has 0 saturated heterocycles. The SMILES string of the molecule is CCCCc1cc2ccccc2[nH]1.O=C(c1ccccc1)c1ccccc1. The summed E-state index contributed by atoms with van der Waals surface area (Å²) in [6.45, 7) is 2.22. The molecule has 27 heavy (non-hydrogen) atoms. The molecule has 136 valence electrons. The van der Waals surface area contributed by atoms with Gasteiger partial charge < -0.3 is 4.98 Å². The van der Waals surface area contributed by atoms with Crippen molar-refractivity contribution in [2.45, 2.75) is 26.2 Å². The highest BCUT2D eigenvalue weighted by atomic mass is 16.1. The van der Waals surface area contributed by atoms with Crippen molar-refractivity contribution in [3.05, 3.63) is 108 Å². The van der Waals surface area contributed by atoms with Gasteiger partial charge in [-0.1, -0.05) is 92.2 Å². The summed E-state index contributed by atoms with van der Waals surface area (Å²) in [6.07, 6.45) is 3.70. The number of H-pyrrole nitrogens is 1. The lowest BCUT2D eigenvalue weighted by atomic mass is 10.0. The van der Waals surface area contributed by atoms with E-state index in [-0.39, 0.29) is 5.78 Å². The van der Waals surface area contributed by atoms with Gasteiger partial charge in [-0.3, -0.25) is 4.79 Å². The Kier molecular flexibility index (Phi) is 6.59. The first kappa shape index (κ1) is 18.7. The van der Waals surface area contributed by atoms with Crippen molar-refractivity contribution in [1.82, 2.24) is 4.98 Å². The average molecular weight is 355 g/mol. The number of aryl methyl sites for hydroxylation is 1. The molecule has 0 aliphatic carbocycles. The quantitative estimate of drug-likeness (QED) is 0.411. The number of unbranched alkanes of at least 4 members (excludes halogenated alkanes) is 1. The van der Waals surface area contributed by atoms with Crippen LogP contribution in [-0.2, 0) is 6.42 Å². The zero-order chi connectivity index (χ0) is 18.9. The van der Waals surface area contributed by atoms with Gasteiger partial charge in [0.2, 0.25) is 0 Å². The Morgan fingerprint density at radius 3 is 1.89 bits per heavy atom. The van der Waals surface area contributed by atoms with Gasteiger partial charge in [0.25, 0.3) is 0 Å². The van der Waals surface area contributed by atoms with E-state index in [1.54, 1.807) is 0 Å². The van der Waals surface area contributed by atoms with E-state index in [9.17, 15) is 4.79 Å². The van der Waals surface area contributed by atoms with E-state index in [0.717, 1.165) is 11.1 Å². The van der Waals surface area contributed by atoms with Crippen LogP contribution in [-0.4, -0.2) is 10.8 Å². The molecule has 4 aromatic rings. The normalized spacial score (nSPS) is 10.3. The summed E-state index contributed by atoms with van der Waals surface area (Å²) in [5.74, 6) is 0.0752. The van der Waals surface area contributed by atoms with Crippen LogP contribution in [0.1, 0.15) is 41.4 Å². The fourth-order valence-electron chi connectivity index (χ4n) is 2.98. The molecule has 0 fully saturated rings. The highest BCUT2D eigenvalue weighted by Crippen LogP contribution is 2.15. The number of nitrogens with one attached hydrogen (secondary N) is 1. The lowest BCUT2D eigenvalue weighted by molar-refractivity contribution is 0.103. The number of carbonyl (C=O) groups excluding carboxylic acids is 1. The Balaban J connectivity index is 0.000000156. The second kappa shape index (κ2) is 9.54. The first-order chi connectivity index (χ1) is 13.3. The molecule has 1 aromatic heterocycles. The molecule has 0 atom stereocenters. The summed E-state index contributed by atoms with van der Waals surface area (Å²) < 4.78 is 0. The molecule has 2 heteroatoms. The molecule has 0 radical (unpaired) electrons. The molecule has 0 unspecified atom stereocenters. The van der Waals surface area contributed by atoms with Gasteiger partial charge in [0.05, 0.1) is 0 Å². The number of rotatable bonds is 5. The van der Waals surface area contributed by atoms with E-state index in [1.165, 1.54) is 35.9 Å². The van der Waals surface area contributed by atoms with Gasteiger partial charge in [-0.2, -0.15) is 0 Å². The number of ketones is 1. The third-order valence-corrected chi connectivity index (χ3v) is 4.46. The molecule has 3 aromatic carbocycles. The molecule has 0 aliphatic heterocycles. The Hall–Kier alpha value is -3.13. The van der Waals surface area contributed by atoms with Gasteiger partial charge in [0, 0.05) is 22.3 Å². The van der Waals surface area contributed by atoms with E-state index in [0.29, 0.717) is 0 Å². The molecular weight excluding hydrogens is 330 g/mol. The van der Waals surface area contributed by atoms with E-state index in [2.05, 4.69) is 42.2 Å². The fourth-order valence-corrected chi connectivity index (χ4v) is 2.98. The van der Waals surface area contributed by atoms with Crippen molar-refractivity contribution in [3.8, 4) is 0 Å². The van der Waals surface area contributed by atoms with Crippen LogP contribution in [0.2, 0.25) is 0 Å². The monoisotopic (exact) mass is 355 g/mol. The van der Waals surface area contributed by atoms with Crippen molar-refractivity contribution in [2.24, 2.45) is 0 Å². The number of benzene rings is 3. The molecule has 0 spiro atoms. The molecule has 2 nitrogen and oxygen atoms in total. The lowest BCUT2D eigenvalue weighted by Crippen LogP contribution is -1.99. The molecule has 0 aliphatic rings. The number of aromatic nitrogens is 1. The number of fused-ring (bicyclic) bond motifs is 1. The Morgan fingerprint density at radius 2 is 1.33 bits per heavy atom. The first-order valence-corrected chi connectivity index (χ1v) is 9.49. The zero-order valence-corrected chi connectivity index (χ0v) is 15.7. The van der Waals surface area contributed by atoms with Gasteiger partial charge in [0.15, 0.2) is 5.78 Å². The average Bonchev–Trinajstić information content (AvgIpc) is 3.16. The minimum Gasteiger partial charge on any atom is -0.358 e. The number of hydrogen-bond acceptors (Lipinski definition) is 1. The molecule has 1 heterocycles. The number of aromatic amines is 1.